The Hall–Kier alpha value is -2.49. The van der Waals surface area contributed by atoms with Gasteiger partial charge in [0.1, 0.15) is 17.2 Å². The lowest BCUT2D eigenvalue weighted by molar-refractivity contribution is 0.0864. The molecule has 0 amide bonds. The van der Waals surface area contributed by atoms with Crippen molar-refractivity contribution in [1.82, 2.24) is 0 Å². The molecule has 4 nitrogen and oxygen atoms in total. The Labute approximate surface area is 155 Å². The highest BCUT2D eigenvalue weighted by Gasteiger charge is 2.34. The molecule has 2 aromatic rings. The van der Waals surface area contributed by atoms with Crippen molar-refractivity contribution < 1.29 is 19.0 Å². The molecule has 0 aliphatic heterocycles. The van der Waals surface area contributed by atoms with Crippen LogP contribution >= 0.6 is 0 Å². The molecule has 1 aliphatic carbocycles. The number of carbonyl (C=O) groups is 1. The third-order valence-electron chi connectivity index (χ3n) is 5.32. The first-order valence-electron chi connectivity index (χ1n) is 9.08. The molecule has 1 aliphatic rings. The molecule has 26 heavy (non-hydrogen) atoms. The van der Waals surface area contributed by atoms with Crippen molar-refractivity contribution in [3.8, 4) is 17.2 Å². The van der Waals surface area contributed by atoms with E-state index >= 15 is 0 Å². The van der Waals surface area contributed by atoms with Gasteiger partial charge >= 0.3 is 0 Å². The summed E-state index contributed by atoms with van der Waals surface area (Å²) < 4.78 is 16.0. The highest BCUT2D eigenvalue weighted by molar-refractivity contribution is 6.01. The molecule has 2 unspecified atom stereocenters. The minimum absolute atomic E-state index is 0.0434. The number of rotatable bonds is 6. The zero-order chi connectivity index (χ0) is 18.5. The van der Waals surface area contributed by atoms with Crippen molar-refractivity contribution in [1.29, 1.82) is 0 Å². The van der Waals surface area contributed by atoms with Crippen LogP contribution in [0.4, 0.5) is 0 Å². The molecule has 0 spiro atoms. The summed E-state index contributed by atoms with van der Waals surface area (Å²) in [6, 6.07) is 13.5. The Balaban J connectivity index is 1.93. The molecule has 0 saturated heterocycles. The van der Waals surface area contributed by atoms with Gasteiger partial charge < -0.3 is 14.2 Å². The highest BCUT2D eigenvalue weighted by Crippen LogP contribution is 2.41. The van der Waals surface area contributed by atoms with Crippen molar-refractivity contribution in [3.63, 3.8) is 0 Å². The van der Waals surface area contributed by atoms with Gasteiger partial charge in [0.25, 0.3) is 0 Å². The van der Waals surface area contributed by atoms with E-state index in [0.29, 0.717) is 17.1 Å². The van der Waals surface area contributed by atoms with Gasteiger partial charge in [-0.1, -0.05) is 25.0 Å². The predicted octanol–water partition coefficient (Wildman–Crippen LogP) is 4.87. The van der Waals surface area contributed by atoms with Gasteiger partial charge in [0, 0.05) is 5.92 Å². The second-order valence-electron chi connectivity index (χ2n) is 6.70. The summed E-state index contributed by atoms with van der Waals surface area (Å²) in [7, 11) is 4.87. The zero-order valence-corrected chi connectivity index (χ0v) is 15.7. The number of carbonyl (C=O) groups excluding carboxylic acids is 1. The number of hydrogen-bond donors (Lipinski definition) is 0. The number of hydrogen-bond acceptors (Lipinski definition) is 4. The van der Waals surface area contributed by atoms with E-state index in [1.54, 1.807) is 33.5 Å². The molecule has 1 saturated carbocycles. The van der Waals surface area contributed by atoms with E-state index in [0.717, 1.165) is 31.4 Å². The Kier molecular flexibility index (Phi) is 5.82. The summed E-state index contributed by atoms with van der Waals surface area (Å²) in [4.78, 5) is 13.4. The van der Waals surface area contributed by atoms with Gasteiger partial charge in [-0.2, -0.15) is 0 Å². The summed E-state index contributed by atoms with van der Waals surface area (Å²) >= 11 is 0. The molecule has 0 bridgehead atoms. The van der Waals surface area contributed by atoms with Crippen LogP contribution in [0.15, 0.2) is 42.5 Å². The van der Waals surface area contributed by atoms with Crippen LogP contribution < -0.4 is 14.2 Å². The maximum absolute atomic E-state index is 13.4. The van der Waals surface area contributed by atoms with Crippen LogP contribution in [-0.4, -0.2) is 27.1 Å². The average Bonchev–Trinajstić information content (AvgIpc) is 2.72. The first-order valence-corrected chi connectivity index (χ1v) is 9.08. The van der Waals surface area contributed by atoms with Crippen LogP contribution in [0.1, 0.15) is 47.5 Å². The van der Waals surface area contributed by atoms with Crippen LogP contribution in [0, 0.1) is 5.92 Å². The largest absolute Gasteiger partial charge is 0.497 e. The molecule has 1 fully saturated rings. The second kappa shape index (κ2) is 8.26. The summed E-state index contributed by atoms with van der Waals surface area (Å²) in [5.74, 6) is 2.43. The number of benzene rings is 2. The molecule has 0 N–H and O–H groups in total. The monoisotopic (exact) mass is 354 g/mol. The third-order valence-corrected chi connectivity index (χ3v) is 5.32. The summed E-state index contributed by atoms with van der Waals surface area (Å²) in [6.07, 6.45) is 4.15. The molecule has 0 aromatic heterocycles. The zero-order valence-electron chi connectivity index (χ0n) is 15.7. The summed E-state index contributed by atoms with van der Waals surface area (Å²) in [5, 5.41) is 0. The van der Waals surface area contributed by atoms with E-state index in [9.17, 15) is 4.79 Å². The van der Waals surface area contributed by atoms with Crippen LogP contribution in [0.5, 0.6) is 17.2 Å². The van der Waals surface area contributed by atoms with Gasteiger partial charge in [-0.25, -0.2) is 0 Å². The fraction of sp³-hybridized carbons (Fsp3) is 0.409. The van der Waals surface area contributed by atoms with Crippen LogP contribution in [0.3, 0.4) is 0 Å². The smallest absolute Gasteiger partial charge is 0.170 e. The second-order valence-corrected chi connectivity index (χ2v) is 6.70. The molecule has 2 atom stereocenters. The lowest BCUT2D eigenvalue weighted by Gasteiger charge is -2.31. The van der Waals surface area contributed by atoms with Crippen LogP contribution in [0.25, 0.3) is 0 Å². The third kappa shape index (κ3) is 3.69. The SMILES string of the molecule is COc1ccc(C2CCCCC2C(=O)c2cc(OC)ccc2OC)cc1. The number of methoxy groups -OCH3 is 3. The maximum Gasteiger partial charge on any atom is 0.170 e. The van der Waals surface area contributed by atoms with E-state index in [4.69, 9.17) is 14.2 Å². The van der Waals surface area contributed by atoms with Gasteiger partial charge in [0.15, 0.2) is 5.78 Å². The van der Waals surface area contributed by atoms with Crippen molar-refractivity contribution in [2.24, 2.45) is 5.92 Å². The molecule has 2 aromatic carbocycles. The van der Waals surface area contributed by atoms with Crippen molar-refractivity contribution in [2.45, 2.75) is 31.6 Å². The molecular formula is C22H26O4. The molecule has 138 valence electrons. The number of Topliss-reactive ketones (excluding diaryl/α,β-unsaturated/α-hetero) is 1. The van der Waals surface area contributed by atoms with E-state index < -0.39 is 0 Å². The van der Waals surface area contributed by atoms with Gasteiger partial charge in [-0.3, -0.25) is 4.79 Å². The Morgan fingerprint density at radius 2 is 1.50 bits per heavy atom. The van der Waals surface area contributed by atoms with Crippen LogP contribution in [0.2, 0.25) is 0 Å². The number of ether oxygens (including phenoxy) is 3. The Bertz CT molecular complexity index is 751. The van der Waals surface area contributed by atoms with E-state index in [1.165, 1.54) is 5.56 Å². The van der Waals surface area contributed by atoms with Gasteiger partial charge in [0.2, 0.25) is 0 Å². The normalized spacial score (nSPS) is 19.7. The van der Waals surface area contributed by atoms with E-state index in [2.05, 4.69) is 12.1 Å². The number of ketones is 1. The minimum Gasteiger partial charge on any atom is -0.497 e. The fourth-order valence-electron chi connectivity index (χ4n) is 3.90. The lowest BCUT2D eigenvalue weighted by Crippen LogP contribution is -2.26. The Morgan fingerprint density at radius 3 is 2.15 bits per heavy atom. The molecular weight excluding hydrogens is 328 g/mol. The molecule has 0 radical (unpaired) electrons. The summed E-state index contributed by atoms with van der Waals surface area (Å²) in [6.45, 7) is 0. The van der Waals surface area contributed by atoms with Gasteiger partial charge in [-0.15, -0.1) is 0 Å². The van der Waals surface area contributed by atoms with Crippen molar-refractivity contribution in [2.75, 3.05) is 21.3 Å². The van der Waals surface area contributed by atoms with Crippen molar-refractivity contribution in [3.05, 3.63) is 53.6 Å². The van der Waals surface area contributed by atoms with Gasteiger partial charge in [0.05, 0.1) is 26.9 Å². The highest BCUT2D eigenvalue weighted by atomic mass is 16.5. The molecule has 0 heterocycles. The predicted molar refractivity (Wildman–Crippen MR) is 102 cm³/mol. The standard InChI is InChI=1S/C22H26O4/c1-24-16-10-8-15(9-11-16)18-6-4-5-7-19(18)22(23)20-14-17(25-2)12-13-21(20)26-3/h8-14,18-19H,4-7H2,1-3H3. The first-order chi connectivity index (χ1) is 12.7. The van der Waals surface area contributed by atoms with E-state index in [-0.39, 0.29) is 17.6 Å². The van der Waals surface area contributed by atoms with Crippen LogP contribution in [-0.2, 0) is 0 Å². The van der Waals surface area contributed by atoms with Crippen molar-refractivity contribution >= 4 is 5.78 Å². The first kappa shape index (κ1) is 18.3. The van der Waals surface area contributed by atoms with Gasteiger partial charge in [-0.05, 0) is 54.7 Å². The quantitative estimate of drug-likeness (QED) is 0.694. The molecule has 4 heteroatoms. The van der Waals surface area contributed by atoms with E-state index in [1.807, 2.05) is 18.2 Å². The topological polar surface area (TPSA) is 44.8 Å². The fourth-order valence-corrected chi connectivity index (χ4v) is 3.90. The average molecular weight is 354 g/mol. The Morgan fingerprint density at radius 1 is 0.846 bits per heavy atom. The minimum atomic E-state index is -0.0434. The summed E-state index contributed by atoms with van der Waals surface area (Å²) in [5.41, 5.74) is 1.81. The lowest BCUT2D eigenvalue weighted by atomic mass is 9.72. The maximum atomic E-state index is 13.4. The molecule has 3 rings (SSSR count).